The summed E-state index contributed by atoms with van der Waals surface area (Å²) in [5.41, 5.74) is 0.293. The second-order valence-corrected chi connectivity index (χ2v) is 5.85. The quantitative estimate of drug-likeness (QED) is 0.529. The van der Waals surface area contributed by atoms with Crippen LogP contribution in [0.2, 0.25) is 0 Å². The molecule has 2 N–H and O–H groups in total. The maximum atomic E-state index is 12.5. The first kappa shape index (κ1) is 19.5. The van der Waals surface area contributed by atoms with E-state index >= 15 is 0 Å². The summed E-state index contributed by atoms with van der Waals surface area (Å²) < 4.78 is 10.5. The highest BCUT2D eigenvalue weighted by molar-refractivity contribution is 9.10. The van der Waals surface area contributed by atoms with Crippen LogP contribution >= 0.6 is 15.9 Å². The standard InChI is InChI=1S/C18H17BrN2O5/c1-2-25-16(22)11-20-18(24)15(10-12-6-5-9-26-12)21-17(23)13-7-3-4-8-14(13)19/h3-10H,2,11H2,1H3,(H,20,24)(H,21,23). The fraction of sp³-hybridized carbons (Fsp3) is 0.167. The van der Waals surface area contributed by atoms with Crippen LogP contribution in [0.4, 0.5) is 0 Å². The van der Waals surface area contributed by atoms with Gasteiger partial charge in [-0.2, -0.15) is 0 Å². The summed E-state index contributed by atoms with van der Waals surface area (Å²) in [4.78, 5) is 36.2. The third-order valence-electron chi connectivity index (χ3n) is 3.14. The highest BCUT2D eigenvalue weighted by Gasteiger charge is 2.17. The number of halogens is 1. The highest BCUT2D eigenvalue weighted by atomic mass is 79.9. The minimum Gasteiger partial charge on any atom is -0.465 e. The predicted molar refractivity (Wildman–Crippen MR) is 97.9 cm³/mol. The van der Waals surface area contributed by atoms with Crippen molar-refractivity contribution in [2.75, 3.05) is 13.2 Å². The van der Waals surface area contributed by atoms with Crippen molar-refractivity contribution in [1.82, 2.24) is 10.6 Å². The molecule has 2 aromatic rings. The van der Waals surface area contributed by atoms with Gasteiger partial charge in [-0.25, -0.2) is 0 Å². The van der Waals surface area contributed by atoms with Crippen LogP contribution in [0, 0.1) is 0 Å². The summed E-state index contributed by atoms with van der Waals surface area (Å²) in [5.74, 6) is -1.33. The van der Waals surface area contributed by atoms with Gasteiger partial charge in [0.1, 0.15) is 18.0 Å². The van der Waals surface area contributed by atoms with E-state index < -0.39 is 17.8 Å². The van der Waals surface area contributed by atoms with Crippen molar-refractivity contribution in [2.45, 2.75) is 6.92 Å². The molecule has 1 heterocycles. The van der Waals surface area contributed by atoms with Gasteiger partial charge in [0.05, 0.1) is 18.4 Å². The van der Waals surface area contributed by atoms with Crippen molar-refractivity contribution in [1.29, 1.82) is 0 Å². The van der Waals surface area contributed by atoms with Crippen molar-refractivity contribution >= 4 is 39.8 Å². The number of rotatable bonds is 7. The third-order valence-corrected chi connectivity index (χ3v) is 3.83. The Hall–Kier alpha value is -2.87. The normalized spacial score (nSPS) is 10.9. The van der Waals surface area contributed by atoms with E-state index in [9.17, 15) is 14.4 Å². The zero-order valence-corrected chi connectivity index (χ0v) is 15.5. The van der Waals surface area contributed by atoms with E-state index in [0.29, 0.717) is 15.8 Å². The van der Waals surface area contributed by atoms with Crippen LogP contribution in [0.25, 0.3) is 6.08 Å². The highest BCUT2D eigenvalue weighted by Crippen LogP contribution is 2.16. The molecule has 0 aliphatic heterocycles. The van der Waals surface area contributed by atoms with E-state index in [1.54, 1.807) is 43.3 Å². The molecular weight excluding hydrogens is 404 g/mol. The molecule has 0 unspecified atom stereocenters. The van der Waals surface area contributed by atoms with Gasteiger partial charge in [0, 0.05) is 10.5 Å². The van der Waals surface area contributed by atoms with Gasteiger partial charge in [-0.1, -0.05) is 12.1 Å². The molecule has 26 heavy (non-hydrogen) atoms. The molecule has 0 aliphatic carbocycles. The van der Waals surface area contributed by atoms with E-state index in [-0.39, 0.29) is 18.8 Å². The molecule has 0 saturated heterocycles. The first-order valence-corrected chi connectivity index (χ1v) is 8.55. The minimum atomic E-state index is -0.644. The molecule has 1 aromatic heterocycles. The van der Waals surface area contributed by atoms with E-state index in [1.165, 1.54) is 12.3 Å². The van der Waals surface area contributed by atoms with Crippen LogP contribution in [-0.4, -0.2) is 30.9 Å². The number of hydrogen-bond acceptors (Lipinski definition) is 5. The average molecular weight is 421 g/mol. The number of nitrogens with one attached hydrogen (secondary N) is 2. The lowest BCUT2D eigenvalue weighted by atomic mass is 10.2. The topological polar surface area (TPSA) is 97.6 Å². The zero-order valence-electron chi connectivity index (χ0n) is 14.0. The Morgan fingerprint density at radius 2 is 1.96 bits per heavy atom. The van der Waals surface area contributed by atoms with Crippen molar-refractivity contribution < 1.29 is 23.5 Å². The van der Waals surface area contributed by atoms with Crippen molar-refractivity contribution in [2.24, 2.45) is 0 Å². The Morgan fingerprint density at radius 1 is 1.19 bits per heavy atom. The van der Waals surface area contributed by atoms with E-state index in [1.807, 2.05) is 0 Å². The zero-order chi connectivity index (χ0) is 18.9. The number of carbonyl (C=O) groups excluding carboxylic acids is 3. The number of hydrogen-bond donors (Lipinski definition) is 2. The molecule has 2 amide bonds. The van der Waals surface area contributed by atoms with Gasteiger partial charge in [0.25, 0.3) is 11.8 Å². The van der Waals surface area contributed by atoms with Crippen LogP contribution in [0.3, 0.4) is 0 Å². The van der Waals surface area contributed by atoms with Crippen molar-refractivity contribution in [3.8, 4) is 0 Å². The van der Waals surface area contributed by atoms with Crippen molar-refractivity contribution in [3.05, 3.63) is 64.2 Å². The van der Waals surface area contributed by atoms with Gasteiger partial charge >= 0.3 is 5.97 Å². The van der Waals surface area contributed by atoms with Gasteiger partial charge in [-0.3, -0.25) is 14.4 Å². The number of amides is 2. The molecule has 8 heteroatoms. The monoisotopic (exact) mass is 420 g/mol. The van der Waals surface area contributed by atoms with Gasteiger partial charge in [0.2, 0.25) is 0 Å². The smallest absolute Gasteiger partial charge is 0.325 e. The van der Waals surface area contributed by atoms with E-state index in [2.05, 4.69) is 26.6 Å². The van der Waals surface area contributed by atoms with Gasteiger partial charge < -0.3 is 19.8 Å². The maximum absolute atomic E-state index is 12.5. The SMILES string of the molecule is CCOC(=O)CNC(=O)C(=Cc1ccco1)NC(=O)c1ccccc1Br. The van der Waals surface area contributed by atoms with Crippen LogP contribution in [0.1, 0.15) is 23.0 Å². The Kier molecular flexibility index (Phi) is 7.16. The molecule has 1 aromatic carbocycles. The summed E-state index contributed by atoms with van der Waals surface area (Å²) >= 11 is 3.29. The first-order chi connectivity index (χ1) is 12.5. The van der Waals surface area contributed by atoms with Crippen LogP contribution in [0.15, 0.2) is 57.2 Å². The molecule has 0 fully saturated rings. The van der Waals surface area contributed by atoms with E-state index in [0.717, 1.165) is 0 Å². The summed E-state index contributed by atoms with van der Waals surface area (Å²) in [5, 5.41) is 4.94. The van der Waals surface area contributed by atoms with Crippen molar-refractivity contribution in [3.63, 3.8) is 0 Å². The van der Waals surface area contributed by atoms with Crippen LogP contribution in [-0.2, 0) is 14.3 Å². The Morgan fingerprint density at radius 3 is 2.62 bits per heavy atom. The fourth-order valence-electron chi connectivity index (χ4n) is 1.97. The maximum Gasteiger partial charge on any atom is 0.325 e. The van der Waals surface area contributed by atoms with Gasteiger partial charge in [-0.15, -0.1) is 0 Å². The van der Waals surface area contributed by atoms with E-state index in [4.69, 9.17) is 9.15 Å². The number of carbonyl (C=O) groups is 3. The fourth-order valence-corrected chi connectivity index (χ4v) is 2.43. The third kappa shape index (κ3) is 5.59. The molecule has 2 rings (SSSR count). The lowest BCUT2D eigenvalue weighted by molar-refractivity contribution is -0.143. The number of esters is 1. The molecule has 0 atom stereocenters. The Labute approximate surface area is 158 Å². The molecule has 136 valence electrons. The largest absolute Gasteiger partial charge is 0.465 e. The molecule has 0 aliphatic rings. The molecule has 0 spiro atoms. The Balaban J connectivity index is 2.16. The summed E-state index contributed by atoms with van der Waals surface area (Å²) in [6, 6.07) is 10.1. The summed E-state index contributed by atoms with van der Waals surface area (Å²) in [7, 11) is 0. The molecule has 0 bridgehead atoms. The average Bonchev–Trinajstić information content (AvgIpc) is 3.12. The summed E-state index contributed by atoms with van der Waals surface area (Å²) in [6.45, 7) is 1.57. The molecule has 7 nitrogen and oxygen atoms in total. The number of benzene rings is 1. The molecule has 0 saturated carbocycles. The number of ether oxygens (including phenoxy) is 1. The van der Waals surface area contributed by atoms with Crippen LogP contribution in [0.5, 0.6) is 0 Å². The molecule has 0 radical (unpaired) electrons. The number of furan rings is 1. The first-order valence-electron chi connectivity index (χ1n) is 7.76. The predicted octanol–water partition coefficient (Wildman–Crippen LogP) is 2.49. The second-order valence-electron chi connectivity index (χ2n) is 5.00. The lowest BCUT2D eigenvalue weighted by Crippen LogP contribution is -2.37. The second kappa shape index (κ2) is 9.57. The lowest BCUT2D eigenvalue weighted by Gasteiger charge is -2.11. The molecular formula is C18H17BrN2O5. The van der Waals surface area contributed by atoms with Crippen LogP contribution < -0.4 is 10.6 Å². The van der Waals surface area contributed by atoms with Gasteiger partial charge in [-0.05, 0) is 47.1 Å². The van der Waals surface area contributed by atoms with Gasteiger partial charge in [0.15, 0.2) is 0 Å². The minimum absolute atomic E-state index is 0.0648. The Bertz CT molecular complexity index is 815. The summed E-state index contributed by atoms with van der Waals surface area (Å²) in [6.07, 6.45) is 2.81.